The van der Waals surface area contributed by atoms with Crippen LogP contribution in [0.1, 0.15) is 0 Å². The number of carbonyl (C=O) groups excluding carboxylic acids is 1. The van der Waals surface area contributed by atoms with Crippen LogP contribution in [0.3, 0.4) is 0 Å². The Labute approximate surface area is 145 Å². The van der Waals surface area contributed by atoms with E-state index in [1.807, 2.05) is 18.2 Å². The molecular formula is C17H18N2O4S. The van der Waals surface area contributed by atoms with E-state index in [-0.39, 0.29) is 17.6 Å². The fraction of sp³-hybridized carbons (Fsp3) is 0.176. The first-order valence-electron chi connectivity index (χ1n) is 7.13. The van der Waals surface area contributed by atoms with Gasteiger partial charge in [-0.1, -0.05) is 18.2 Å². The molecule has 24 heavy (non-hydrogen) atoms. The van der Waals surface area contributed by atoms with Crippen LogP contribution >= 0.6 is 12.2 Å². The highest BCUT2D eigenvalue weighted by Crippen LogP contribution is 2.28. The summed E-state index contributed by atoms with van der Waals surface area (Å²) in [5.74, 6) is 1.46. The van der Waals surface area contributed by atoms with Gasteiger partial charge in [-0.3, -0.25) is 10.1 Å². The molecule has 126 valence electrons. The Morgan fingerprint density at radius 3 is 2.46 bits per heavy atom. The number of hydrogen-bond donors (Lipinski definition) is 2. The smallest absolute Gasteiger partial charge is 0.264 e. The third-order valence-corrected chi connectivity index (χ3v) is 3.23. The van der Waals surface area contributed by atoms with Gasteiger partial charge >= 0.3 is 0 Å². The number of amides is 1. The molecule has 0 spiro atoms. The topological polar surface area (TPSA) is 68.8 Å². The molecule has 0 aliphatic heterocycles. The van der Waals surface area contributed by atoms with Gasteiger partial charge in [-0.2, -0.15) is 0 Å². The average Bonchev–Trinajstić information content (AvgIpc) is 2.60. The van der Waals surface area contributed by atoms with E-state index in [0.717, 1.165) is 0 Å². The number of methoxy groups -OCH3 is 2. The Kier molecular flexibility index (Phi) is 6.39. The Morgan fingerprint density at radius 2 is 1.79 bits per heavy atom. The lowest BCUT2D eigenvalue weighted by atomic mass is 10.2. The summed E-state index contributed by atoms with van der Waals surface area (Å²) in [6.45, 7) is -0.138. The van der Waals surface area contributed by atoms with Crippen molar-refractivity contribution in [3.05, 3.63) is 48.5 Å². The predicted molar refractivity (Wildman–Crippen MR) is 95.8 cm³/mol. The molecule has 7 heteroatoms. The first-order chi connectivity index (χ1) is 11.6. The lowest BCUT2D eigenvalue weighted by Crippen LogP contribution is -2.37. The van der Waals surface area contributed by atoms with Gasteiger partial charge in [0.05, 0.1) is 19.9 Å². The molecule has 1 amide bonds. The van der Waals surface area contributed by atoms with Crippen molar-refractivity contribution in [3.8, 4) is 17.2 Å². The molecule has 2 aromatic rings. The zero-order valence-electron chi connectivity index (χ0n) is 13.4. The minimum absolute atomic E-state index is 0.138. The van der Waals surface area contributed by atoms with Crippen molar-refractivity contribution < 1.29 is 19.0 Å². The summed E-state index contributed by atoms with van der Waals surface area (Å²) >= 11 is 5.14. The van der Waals surface area contributed by atoms with Crippen LogP contribution in [0.4, 0.5) is 5.69 Å². The van der Waals surface area contributed by atoms with Crippen LogP contribution in [0, 0.1) is 0 Å². The summed E-state index contributed by atoms with van der Waals surface area (Å²) in [5.41, 5.74) is 0.589. The van der Waals surface area contributed by atoms with E-state index in [0.29, 0.717) is 22.9 Å². The van der Waals surface area contributed by atoms with Crippen molar-refractivity contribution in [1.82, 2.24) is 5.32 Å². The highest BCUT2D eigenvalue weighted by Gasteiger charge is 2.10. The Hall–Kier alpha value is -2.80. The molecule has 0 bridgehead atoms. The molecule has 0 atom stereocenters. The lowest BCUT2D eigenvalue weighted by molar-refractivity contribution is -0.121. The van der Waals surface area contributed by atoms with Crippen LogP contribution in [-0.4, -0.2) is 31.8 Å². The average molecular weight is 346 g/mol. The number of anilines is 1. The van der Waals surface area contributed by atoms with Crippen molar-refractivity contribution in [1.29, 1.82) is 0 Å². The van der Waals surface area contributed by atoms with E-state index in [1.54, 1.807) is 44.6 Å². The number of thiocarbonyl (C=S) groups is 1. The van der Waals surface area contributed by atoms with Gasteiger partial charge in [-0.05, 0) is 36.5 Å². The summed E-state index contributed by atoms with van der Waals surface area (Å²) in [6.07, 6.45) is 0. The molecule has 0 aromatic heterocycles. The van der Waals surface area contributed by atoms with Gasteiger partial charge in [0.2, 0.25) is 0 Å². The van der Waals surface area contributed by atoms with Crippen LogP contribution < -0.4 is 24.8 Å². The molecule has 0 radical (unpaired) electrons. The second kappa shape index (κ2) is 8.73. The van der Waals surface area contributed by atoms with Gasteiger partial charge in [0.15, 0.2) is 11.7 Å². The summed E-state index contributed by atoms with van der Waals surface area (Å²) < 4.78 is 15.8. The largest absolute Gasteiger partial charge is 0.497 e. The Balaban J connectivity index is 1.89. The monoisotopic (exact) mass is 346 g/mol. The maximum absolute atomic E-state index is 11.9. The molecule has 2 aromatic carbocycles. The summed E-state index contributed by atoms with van der Waals surface area (Å²) in [7, 11) is 3.11. The highest BCUT2D eigenvalue weighted by atomic mass is 32.1. The molecule has 0 saturated heterocycles. The van der Waals surface area contributed by atoms with E-state index in [2.05, 4.69) is 10.6 Å². The molecule has 0 heterocycles. The van der Waals surface area contributed by atoms with Gasteiger partial charge in [-0.15, -0.1) is 0 Å². The van der Waals surface area contributed by atoms with Gasteiger partial charge in [0.1, 0.15) is 17.2 Å². The number of nitrogens with one attached hydrogen (secondary N) is 2. The second-order valence-electron chi connectivity index (χ2n) is 4.67. The number of carbonyl (C=O) groups is 1. The Bertz CT molecular complexity index is 707. The number of ether oxygens (including phenoxy) is 3. The van der Waals surface area contributed by atoms with E-state index in [4.69, 9.17) is 26.4 Å². The summed E-state index contributed by atoms with van der Waals surface area (Å²) in [6, 6.07) is 14.3. The fourth-order valence-electron chi connectivity index (χ4n) is 1.89. The van der Waals surface area contributed by atoms with Gasteiger partial charge < -0.3 is 19.5 Å². The van der Waals surface area contributed by atoms with Gasteiger partial charge in [0.25, 0.3) is 5.91 Å². The molecule has 0 unspecified atom stereocenters. The molecule has 2 rings (SSSR count). The quantitative estimate of drug-likeness (QED) is 0.784. The maximum Gasteiger partial charge on any atom is 0.264 e. The van der Waals surface area contributed by atoms with Crippen molar-refractivity contribution in [2.75, 3.05) is 26.1 Å². The SMILES string of the molecule is COc1ccc(OC)c(NC(=S)NC(=O)COc2ccccc2)c1. The fourth-order valence-corrected chi connectivity index (χ4v) is 2.12. The van der Waals surface area contributed by atoms with E-state index in [1.165, 1.54) is 0 Å². The first-order valence-corrected chi connectivity index (χ1v) is 7.54. The van der Waals surface area contributed by atoms with Crippen molar-refractivity contribution in [2.24, 2.45) is 0 Å². The minimum atomic E-state index is -0.363. The zero-order chi connectivity index (χ0) is 17.4. The third-order valence-electron chi connectivity index (χ3n) is 3.02. The van der Waals surface area contributed by atoms with Crippen molar-refractivity contribution in [3.63, 3.8) is 0 Å². The molecule has 0 saturated carbocycles. The standard InChI is InChI=1S/C17H18N2O4S/c1-21-13-8-9-15(22-2)14(10-13)18-17(24)19-16(20)11-23-12-6-4-3-5-7-12/h3-10H,11H2,1-2H3,(H2,18,19,20,24). The molecule has 6 nitrogen and oxygen atoms in total. The molecule has 0 fully saturated rings. The lowest BCUT2D eigenvalue weighted by Gasteiger charge is -2.14. The van der Waals surface area contributed by atoms with Crippen LogP contribution in [-0.2, 0) is 4.79 Å². The summed E-state index contributed by atoms with van der Waals surface area (Å²) in [4.78, 5) is 11.9. The normalized spacial score (nSPS) is 9.75. The second-order valence-corrected chi connectivity index (χ2v) is 5.08. The van der Waals surface area contributed by atoms with Crippen LogP contribution in [0.25, 0.3) is 0 Å². The summed E-state index contributed by atoms with van der Waals surface area (Å²) in [5, 5.41) is 5.59. The molecular weight excluding hydrogens is 328 g/mol. The number of para-hydroxylation sites is 1. The first kappa shape index (κ1) is 17.6. The number of rotatable bonds is 6. The van der Waals surface area contributed by atoms with Crippen LogP contribution in [0.15, 0.2) is 48.5 Å². The Morgan fingerprint density at radius 1 is 1.04 bits per heavy atom. The van der Waals surface area contributed by atoms with E-state index >= 15 is 0 Å². The maximum atomic E-state index is 11.9. The van der Waals surface area contributed by atoms with Crippen LogP contribution in [0.5, 0.6) is 17.2 Å². The molecule has 0 aliphatic carbocycles. The third kappa shape index (κ3) is 5.13. The van der Waals surface area contributed by atoms with Crippen molar-refractivity contribution >= 4 is 28.9 Å². The number of hydrogen-bond acceptors (Lipinski definition) is 5. The van der Waals surface area contributed by atoms with Gasteiger partial charge in [0, 0.05) is 6.07 Å². The number of benzene rings is 2. The predicted octanol–water partition coefficient (Wildman–Crippen LogP) is 2.60. The van der Waals surface area contributed by atoms with Gasteiger partial charge in [-0.25, -0.2) is 0 Å². The molecule has 0 aliphatic rings. The van der Waals surface area contributed by atoms with E-state index in [9.17, 15) is 4.79 Å². The zero-order valence-corrected chi connectivity index (χ0v) is 14.2. The highest BCUT2D eigenvalue weighted by molar-refractivity contribution is 7.80. The molecule has 2 N–H and O–H groups in total. The van der Waals surface area contributed by atoms with E-state index < -0.39 is 0 Å². The van der Waals surface area contributed by atoms with Crippen molar-refractivity contribution in [2.45, 2.75) is 0 Å². The van der Waals surface area contributed by atoms with Crippen LogP contribution in [0.2, 0.25) is 0 Å². The minimum Gasteiger partial charge on any atom is -0.497 e.